The standard InChI is InChI=1S/C49H54F7N7O6/c1-26-37(49(54,55)56)33(20-35(38(26)50)61(21-28-10-15-31(65-8)16-11-28)22-29-12-17-32(66-9)18-13-29)40-39(51)41-36-43(59-45(58-41)67-25-48(52,53)24-60(6)7)62-23-30-14-19-34(42(62)27(2)68-44(36)57-40)63(30)46(64)69-47(3,4)5/h10-13,15-18,20,27,30,34,42H,14,19,21-25H2,1-9H3/t27-,30+,34-,42+/m0/s1. The first-order valence-corrected chi connectivity index (χ1v) is 22.4. The van der Waals surface area contributed by atoms with Gasteiger partial charge in [0.1, 0.15) is 51.4 Å². The largest absolute Gasteiger partial charge is 0.497 e. The summed E-state index contributed by atoms with van der Waals surface area (Å²) < 4.78 is 140. The molecule has 13 nitrogen and oxygen atoms in total. The van der Waals surface area contributed by atoms with E-state index in [0.29, 0.717) is 35.5 Å². The topological polar surface area (TPSA) is 115 Å². The predicted octanol–water partition coefficient (Wildman–Crippen LogP) is 9.83. The van der Waals surface area contributed by atoms with Crippen LogP contribution in [0.25, 0.3) is 22.2 Å². The van der Waals surface area contributed by atoms with Crippen molar-refractivity contribution in [2.45, 2.75) is 102 Å². The van der Waals surface area contributed by atoms with E-state index < -0.39 is 107 Å². The minimum atomic E-state index is -5.25. The van der Waals surface area contributed by atoms with Crippen molar-refractivity contribution in [3.05, 3.63) is 88.5 Å². The van der Waals surface area contributed by atoms with Crippen molar-refractivity contribution in [2.24, 2.45) is 0 Å². The highest BCUT2D eigenvalue weighted by molar-refractivity contribution is 5.98. The molecule has 3 aromatic carbocycles. The first kappa shape index (κ1) is 49.1. The van der Waals surface area contributed by atoms with Gasteiger partial charge in [0.25, 0.3) is 5.92 Å². The van der Waals surface area contributed by atoms with Gasteiger partial charge < -0.3 is 38.4 Å². The van der Waals surface area contributed by atoms with Crippen molar-refractivity contribution in [3.63, 3.8) is 0 Å². The van der Waals surface area contributed by atoms with Crippen LogP contribution in [0.15, 0.2) is 54.6 Å². The summed E-state index contributed by atoms with van der Waals surface area (Å²) in [7, 11) is 5.88. The van der Waals surface area contributed by atoms with Gasteiger partial charge in [-0.1, -0.05) is 24.3 Å². The number of carbonyl (C=O) groups excluding carboxylic acids is 1. The number of ether oxygens (including phenoxy) is 5. The lowest BCUT2D eigenvalue weighted by Gasteiger charge is -2.48. The van der Waals surface area contributed by atoms with Crippen molar-refractivity contribution in [1.82, 2.24) is 24.8 Å². The van der Waals surface area contributed by atoms with Crippen molar-refractivity contribution in [1.29, 1.82) is 0 Å². The summed E-state index contributed by atoms with van der Waals surface area (Å²) in [5.41, 5.74) is -4.57. The van der Waals surface area contributed by atoms with Crippen LogP contribution >= 0.6 is 0 Å². The second kappa shape index (κ2) is 18.5. The molecule has 0 radical (unpaired) electrons. The molecule has 0 aliphatic carbocycles. The Morgan fingerprint density at radius 1 is 0.870 bits per heavy atom. The number of amides is 1. The van der Waals surface area contributed by atoms with E-state index in [-0.39, 0.29) is 42.4 Å². The number of fused-ring (bicyclic) bond motifs is 5. The lowest BCUT2D eigenvalue weighted by Crippen LogP contribution is -2.65. The molecule has 370 valence electrons. The summed E-state index contributed by atoms with van der Waals surface area (Å²) in [5.74, 6) is -5.36. The number of hydrogen-bond acceptors (Lipinski definition) is 12. The number of halogens is 7. The molecule has 69 heavy (non-hydrogen) atoms. The fraction of sp³-hybridized carbons (Fsp3) is 0.469. The molecule has 2 bridgehead atoms. The van der Waals surface area contributed by atoms with E-state index in [1.807, 2.05) is 0 Å². The van der Waals surface area contributed by atoms with E-state index in [9.17, 15) is 4.79 Å². The molecule has 5 aromatic rings. The molecule has 20 heteroatoms. The summed E-state index contributed by atoms with van der Waals surface area (Å²) in [6.07, 6.45) is -5.67. The van der Waals surface area contributed by atoms with Gasteiger partial charge in [0.15, 0.2) is 12.4 Å². The average Bonchev–Trinajstić information content (AvgIpc) is 3.52. The summed E-state index contributed by atoms with van der Waals surface area (Å²) >= 11 is 0. The molecule has 2 aromatic heterocycles. The zero-order chi connectivity index (χ0) is 49.9. The molecule has 0 saturated carbocycles. The lowest BCUT2D eigenvalue weighted by atomic mass is 9.95. The second-order valence-electron chi connectivity index (χ2n) is 19.0. The highest BCUT2D eigenvalue weighted by Crippen LogP contribution is 2.49. The second-order valence-corrected chi connectivity index (χ2v) is 19.0. The summed E-state index contributed by atoms with van der Waals surface area (Å²) in [6, 6.07) is 12.2. The number of benzene rings is 3. The minimum Gasteiger partial charge on any atom is -0.497 e. The number of piperazine rings is 1. The van der Waals surface area contributed by atoms with E-state index >= 15 is 30.7 Å². The molecule has 2 saturated heterocycles. The molecular weight excluding hydrogens is 916 g/mol. The number of alkyl halides is 5. The Kier molecular flexibility index (Phi) is 13.2. The smallest absolute Gasteiger partial charge is 0.417 e. The molecule has 4 atom stereocenters. The van der Waals surface area contributed by atoms with Crippen molar-refractivity contribution >= 4 is 28.5 Å². The maximum atomic E-state index is 17.8. The SMILES string of the molecule is COc1ccc(CN(Cc2ccc(OC)cc2)c2cc(-c3nc4c5c(nc(OCC(F)(F)CN(C)C)nc5c3F)N3C[C@H]5CC[C@@H]([C@H]3[C@H](C)O4)N5C(=O)OC(C)(C)C)c(C(F)(F)F)c(C)c2F)cc1. The maximum absolute atomic E-state index is 17.8. The van der Waals surface area contributed by atoms with Crippen molar-refractivity contribution in [2.75, 3.05) is 57.8 Å². The van der Waals surface area contributed by atoms with Gasteiger partial charge in [-0.3, -0.25) is 4.90 Å². The number of carbonyl (C=O) groups is 1. The van der Waals surface area contributed by atoms with Gasteiger partial charge in [0.05, 0.1) is 50.1 Å². The number of rotatable bonds is 13. The average molecular weight is 970 g/mol. The van der Waals surface area contributed by atoms with Gasteiger partial charge in [0.2, 0.25) is 5.88 Å². The molecular formula is C49H54F7N7O6. The molecule has 2 fully saturated rings. The zero-order valence-electron chi connectivity index (χ0n) is 39.7. The molecule has 3 aliphatic rings. The number of aromatic nitrogens is 3. The van der Waals surface area contributed by atoms with E-state index in [1.165, 1.54) is 38.1 Å². The fourth-order valence-electron chi connectivity index (χ4n) is 9.63. The van der Waals surface area contributed by atoms with Gasteiger partial charge in [-0.2, -0.15) is 23.1 Å². The summed E-state index contributed by atoms with van der Waals surface area (Å²) in [4.78, 5) is 33.2. The van der Waals surface area contributed by atoms with Gasteiger partial charge in [0, 0.05) is 25.2 Å². The van der Waals surface area contributed by atoms with Crippen LogP contribution in [0.4, 0.5) is 47.0 Å². The van der Waals surface area contributed by atoms with E-state index in [2.05, 4.69) is 15.0 Å². The van der Waals surface area contributed by atoms with Crippen molar-refractivity contribution in [3.8, 4) is 34.6 Å². The Hall–Kier alpha value is -6.31. The molecule has 3 aliphatic heterocycles. The maximum Gasteiger partial charge on any atom is 0.417 e. The summed E-state index contributed by atoms with van der Waals surface area (Å²) in [5, 5.41) is -0.156. The number of hydrogen-bond donors (Lipinski definition) is 0. The van der Waals surface area contributed by atoms with Gasteiger partial charge in [-0.25, -0.2) is 27.3 Å². The first-order chi connectivity index (χ1) is 32.5. The fourth-order valence-corrected chi connectivity index (χ4v) is 9.63. The zero-order valence-corrected chi connectivity index (χ0v) is 39.7. The molecule has 0 N–H and O–H groups in total. The van der Waals surface area contributed by atoms with Crippen LogP contribution in [0.5, 0.6) is 23.4 Å². The highest BCUT2D eigenvalue weighted by Gasteiger charge is 2.54. The minimum absolute atomic E-state index is 0.0217. The van der Waals surface area contributed by atoms with Crippen LogP contribution in [0.3, 0.4) is 0 Å². The predicted molar refractivity (Wildman–Crippen MR) is 243 cm³/mol. The Labute approximate surface area is 395 Å². The quantitative estimate of drug-likeness (QED) is 0.105. The Morgan fingerprint density at radius 3 is 2.03 bits per heavy atom. The third kappa shape index (κ3) is 9.94. The number of methoxy groups -OCH3 is 2. The van der Waals surface area contributed by atoms with Crippen LogP contribution in [0.1, 0.15) is 62.8 Å². The third-order valence-corrected chi connectivity index (χ3v) is 12.5. The van der Waals surface area contributed by atoms with Crippen molar-refractivity contribution < 1.29 is 59.2 Å². The third-order valence-electron chi connectivity index (χ3n) is 12.5. The van der Waals surface area contributed by atoms with Crippen LogP contribution in [-0.4, -0.2) is 115 Å². The summed E-state index contributed by atoms with van der Waals surface area (Å²) in [6.45, 7) is 5.98. The van der Waals surface area contributed by atoms with E-state index in [1.54, 1.807) is 86.0 Å². The monoisotopic (exact) mass is 969 g/mol. The highest BCUT2D eigenvalue weighted by atomic mass is 19.4. The Bertz CT molecular complexity index is 2670. The molecule has 1 amide bonds. The van der Waals surface area contributed by atoms with Crippen LogP contribution in [-0.2, 0) is 24.0 Å². The van der Waals surface area contributed by atoms with Crippen LogP contribution in [0.2, 0.25) is 0 Å². The van der Waals surface area contributed by atoms with Gasteiger partial charge >= 0.3 is 18.3 Å². The Balaban J connectivity index is 1.33. The molecule has 5 heterocycles. The number of pyridine rings is 1. The van der Waals surface area contributed by atoms with Gasteiger partial charge in [-0.15, -0.1) is 0 Å². The normalized spacial score (nSPS) is 19.0. The van der Waals surface area contributed by atoms with E-state index in [4.69, 9.17) is 23.7 Å². The first-order valence-electron chi connectivity index (χ1n) is 22.4. The molecule has 0 unspecified atom stereocenters. The Morgan fingerprint density at radius 2 is 1.48 bits per heavy atom. The number of anilines is 2. The van der Waals surface area contributed by atoms with E-state index in [0.717, 1.165) is 13.0 Å². The van der Waals surface area contributed by atoms with Crippen LogP contribution in [0, 0.1) is 18.6 Å². The molecule has 0 spiro atoms. The number of nitrogens with zero attached hydrogens (tertiary/aromatic N) is 7. The molecule has 8 rings (SSSR count). The lowest BCUT2D eigenvalue weighted by molar-refractivity contribution is -0.137. The van der Waals surface area contributed by atoms with Crippen LogP contribution < -0.4 is 28.7 Å². The van der Waals surface area contributed by atoms with Gasteiger partial charge in [-0.05, 0) is 109 Å².